The molecule has 4 aliphatic carbocycles. The first-order valence-electron chi connectivity index (χ1n) is 9.50. The van der Waals surface area contributed by atoms with Crippen LogP contribution in [-0.4, -0.2) is 34.7 Å². The zero-order valence-electron chi connectivity index (χ0n) is 14.8. The van der Waals surface area contributed by atoms with Gasteiger partial charge in [0, 0.05) is 5.54 Å². The number of rotatable bonds is 3. The maximum Gasteiger partial charge on any atom is 0.262 e. The lowest BCUT2D eigenvalue weighted by Crippen LogP contribution is -2.61. The number of hydrogen-bond donors (Lipinski definition) is 1. The summed E-state index contributed by atoms with van der Waals surface area (Å²) in [6.07, 6.45) is 6.94. The molecule has 0 spiro atoms. The van der Waals surface area contributed by atoms with Crippen molar-refractivity contribution in [1.82, 2.24) is 10.2 Å². The second-order valence-corrected chi connectivity index (χ2v) is 9.57. The molecule has 4 bridgehead atoms. The van der Waals surface area contributed by atoms with Gasteiger partial charge in [0.05, 0.1) is 21.2 Å². The van der Waals surface area contributed by atoms with E-state index in [9.17, 15) is 14.4 Å². The SMILES string of the molecule is O=C(CN1C(=O)c2cc(Cl)c(Cl)cc2C1=O)NC12CC3CC(CC(C3)C1)C2. The Morgan fingerprint density at radius 2 is 1.41 bits per heavy atom. The standard InChI is InChI=1S/C20H20Cl2N2O3/c21-15-4-13-14(5-16(15)22)19(27)24(18(13)26)9-17(25)23-20-6-10-1-11(7-20)3-12(2-10)8-20/h4-5,10-12H,1-3,6-9H2,(H,23,25). The lowest BCUT2D eigenvalue weighted by atomic mass is 9.53. The van der Waals surface area contributed by atoms with Gasteiger partial charge in [0.2, 0.25) is 5.91 Å². The van der Waals surface area contributed by atoms with Crippen LogP contribution in [0.4, 0.5) is 0 Å². The molecule has 1 aromatic carbocycles. The van der Waals surface area contributed by atoms with Crippen molar-refractivity contribution in [1.29, 1.82) is 0 Å². The lowest BCUT2D eigenvalue weighted by Gasteiger charge is -2.57. The van der Waals surface area contributed by atoms with Gasteiger partial charge >= 0.3 is 0 Å². The Morgan fingerprint density at radius 1 is 0.963 bits per heavy atom. The number of nitrogens with one attached hydrogen (secondary N) is 1. The third kappa shape index (κ3) is 2.78. The Hall–Kier alpha value is -1.59. The molecule has 1 heterocycles. The average Bonchev–Trinajstić information content (AvgIpc) is 2.78. The summed E-state index contributed by atoms with van der Waals surface area (Å²) in [4.78, 5) is 38.9. The number of carbonyl (C=O) groups excluding carboxylic acids is 3. The maximum absolute atomic E-state index is 12.8. The van der Waals surface area contributed by atoms with Gasteiger partial charge in [-0.1, -0.05) is 23.2 Å². The molecule has 7 heteroatoms. The van der Waals surface area contributed by atoms with Gasteiger partial charge in [-0.25, -0.2) is 0 Å². The molecule has 5 nitrogen and oxygen atoms in total. The van der Waals surface area contributed by atoms with Crippen molar-refractivity contribution < 1.29 is 14.4 Å². The van der Waals surface area contributed by atoms with Crippen molar-refractivity contribution in [3.8, 4) is 0 Å². The van der Waals surface area contributed by atoms with E-state index < -0.39 is 11.8 Å². The zero-order chi connectivity index (χ0) is 18.9. The zero-order valence-corrected chi connectivity index (χ0v) is 16.3. The maximum atomic E-state index is 12.8. The van der Waals surface area contributed by atoms with E-state index in [1.165, 1.54) is 31.4 Å². The molecule has 142 valence electrons. The molecule has 4 saturated carbocycles. The van der Waals surface area contributed by atoms with Gasteiger partial charge in [0.25, 0.3) is 11.8 Å². The van der Waals surface area contributed by atoms with Crippen LogP contribution in [0.15, 0.2) is 12.1 Å². The summed E-state index contributed by atoms with van der Waals surface area (Å²) >= 11 is 11.9. The van der Waals surface area contributed by atoms with Crippen molar-refractivity contribution in [2.45, 2.75) is 44.1 Å². The number of nitrogens with zero attached hydrogens (tertiary/aromatic N) is 1. The molecule has 27 heavy (non-hydrogen) atoms. The van der Waals surface area contributed by atoms with Crippen LogP contribution in [0, 0.1) is 17.8 Å². The highest BCUT2D eigenvalue weighted by Gasteiger charge is 2.51. The van der Waals surface area contributed by atoms with E-state index in [4.69, 9.17) is 23.2 Å². The number of amides is 3. The molecule has 6 rings (SSSR count). The van der Waals surface area contributed by atoms with Crippen LogP contribution >= 0.6 is 23.2 Å². The molecular weight excluding hydrogens is 387 g/mol. The molecule has 4 fully saturated rings. The van der Waals surface area contributed by atoms with E-state index in [-0.39, 0.29) is 39.2 Å². The van der Waals surface area contributed by atoms with Gasteiger partial charge in [-0.15, -0.1) is 0 Å². The van der Waals surface area contributed by atoms with Gasteiger partial charge in [0.1, 0.15) is 6.54 Å². The fourth-order valence-electron chi connectivity index (χ4n) is 6.17. The minimum atomic E-state index is -0.491. The highest BCUT2D eigenvalue weighted by atomic mass is 35.5. The molecule has 3 amide bonds. The Kier molecular flexibility index (Phi) is 3.86. The molecule has 1 aliphatic heterocycles. The molecule has 0 unspecified atom stereocenters. The van der Waals surface area contributed by atoms with E-state index in [0.717, 1.165) is 24.2 Å². The number of carbonyl (C=O) groups is 3. The summed E-state index contributed by atoms with van der Waals surface area (Å²) in [6, 6.07) is 2.80. The van der Waals surface area contributed by atoms with Crippen LogP contribution in [0.2, 0.25) is 10.0 Å². The van der Waals surface area contributed by atoms with Crippen molar-refractivity contribution in [3.05, 3.63) is 33.3 Å². The summed E-state index contributed by atoms with van der Waals surface area (Å²) < 4.78 is 0. The van der Waals surface area contributed by atoms with Crippen molar-refractivity contribution in [2.24, 2.45) is 17.8 Å². The number of imide groups is 1. The van der Waals surface area contributed by atoms with E-state index in [1.54, 1.807) is 0 Å². The molecule has 0 atom stereocenters. The first kappa shape index (κ1) is 17.5. The normalized spacial score (nSPS) is 33.6. The van der Waals surface area contributed by atoms with Crippen LogP contribution in [0.5, 0.6) is 0 Å². The summed E-state index contributed by atoms with van der Waals surface area (Å²) in [5, 5.41) is 3.64. The van der Waals surface area contributed by atoms with E-state index in [2.05, 4.69) is 5.32 Å². The third-order valence-electron chi connectivity index (χ3n) is 6.76. The minimum Gasteiger partial charge on any atom is -0.349 e. The summed E-state index contributed by atoms with van der Waals surface area (Å²) in [5.74, 6) is 0.882. The van der Waals surface area contributed by atoms with Gasteiger partial charge in [-0.3, -0.25) is 19.3 Å². The fraction of sp³-hybridized carbons (Fsp3) is 0.550. The Labute approximate surface area is 167 Å². The Balaban J connectivity index is 1.32. The Morgan fingerprint density at radius 3 is 1.85 bits per heavy atom. The molecule has 5 aliphatic rings. The number of halogens is 2. The highest BCUT2D eigenvalue weighted by Crippen LogP contribution is 2.55. The largest absolute Gasteiger partial charge is 0.349 e. The number of benzene rings is 1. The van der Waals surface area contributed by atoms with Crippen LogP contribution in [0.1, 0.15) is 59.2 Å². The Bertz CT molecular complexity index is 806. The third-order valence-corrected chi connectivity index (χ3v) is 7.48. The van der Waals surface area contributed by atoms with Crippen LogP contribution in [0.3, 0.4) is 0 Å². The van der Waals surface area contributed by atoms with Crippen molar-refractivity contribution in [3.63, 3.8) is 0 Å². The lowest BCUT2D eigenvalue weighted by molar-refractivity contribution is -0.127. The quantitative estimate of drug-likeness (QED) is 0.778. The van der Waals surface area contributed by atoms with Gasteiger partial charge in [0.15, 0.2) is 0 Å². The van der Waals surface area contributed by atoms with E-state index >= 15 is 0 Å². The highest BCUT2D eigenvalue weighted by molar-refractivity contribution is 6.43. The monoisotopic (exact) mass is 406 g/mol. The van der Waals surface area contributed by atoms with E-state index in [0.29, 0.717) is 17.8 Å². The molecule has 0 saturated heterocycles. The van der Waals surface area contributed by atoms with Crippen LogP contribution in [0.25, 0.3) is 0 Å². The van der Waals surface area contributed by atoms with Gasteiger partial charge < -0.3 is 5.32 Å². The smallest absolute Gasteiger partial charge is 0.262 e. The summed E-state index contributed by atoms with van der Waals surface area (Å²) in [5.41, 5.74) is 0.269. The van der Waals surface area contributed by atoms with Gasteiger partial charge in [-0.2, -0.15) is 0 Å². The van der Waals surface area contributed by atoms with Crippen molar-refractivity contribution in [2.75, 3.05) is 6.54 Å². The average molecular weight is 407 g/mol. The topological polar surface area (TPSA) is 66.5 Å². The van der Waals surface area contributed by atoms with Crippen molar-refractivity contribution >= 4 is 40.9 Å². The molecule has 1 aromatic rings. The number of fused-ring (bicyclic) bond motifs is 1. The molecule has 0 aromatic heterocycles. The summed E-state index contributed by atoms with van der Waals surface area (Å²) in [6.45, 7) is -0.261. The second-order valence-electron chi connectivity index (χ2n) is 8.75. The van der Waals surface area contributed by atoms with E-state index in [1.807, 2.05) is 0 Å². The number of hydrogen-bond acceptors (Lipinski definition) is 3. The fourth-order valence-corrected chi connectivity index (χ4v) is 6.50. The minimum absolute atomic E-state index is 0.142. The van der Waals surface area contributed by atoms with Gasteiger partial charge in [-0.05, 0) is 68.4 Å². The summed E-state index contributed by atoms with van der Waals surface area (Å²) in [7, 11) is 0. The predicted molar refractivity (Wildman–Crippen MR) is 101 cm³/mol. The van der Waals surface area contributed by atoms with Crippen LogP contribution < -0.4 is 5.32 Å². The molecular formula is C20H20Cl2N2O3. The molecule has 0 radical (unpaired) electrons. The second kappa shape index (κ2) is 5.95. The molecule has 1 N–H and O–H groups in total. The predicted octanol–water partition coefficient (Wildman–Crippen LogP) is 3.67. The van der Waals surface area contributed by atoms with Crippen LogP contribution in [-0.2, 0) is 4.79 Å². The first-order valence-corrected chi connectivity index (χ1v) is 10.3. The first-order chi connectivity index (χ1) is 12.8.